The van der Waals surface area contributed by atoms with E-state index in [2.05, 4.69) is 0 Å². The van der Waals surface area contributed by atoms with Crippen LogP contribution < -0.4 is 0 Å². The molecule has 3 heterocycles. The normalized spacial score (nSPS) is 32.0. The van der Waals surface area contributed by atoms with Gasteiger partial charge in [-0.2, -0.15) is 0 Å². The zero-order valence-corrected chi connectivity index (χ0v) is 37.4. The van der Waals surface area contributed by atoms with Gasteiger partial charge in [0, 0.05) is 76.3 Å². The number of hydrogen-bond donors (Lipinski definition) is 0. The highest BCUT2D eigenvalue weighted by Gasteiger charge is 2.58. The predicted octanol–water partition coefficient (Wildman–Crippen LogP) is -1.21. The van der Waals surface area contributed by atoms with Crippen LogP contribution in [0.2, 0.25) is 0 Å². The molecule has 65 heavy (non-hydrogen) atoms. The second-order valence-electron chi connectivity index (χ2n) is 14.5. The molecule has 366 valence electrons. The number of esters is 10. The lowest BCUT2D eigenvalue weighted by atomic mass is 9.95. The lowest BCUT2D eigenvalue weighted by Crippen LogP contribution is -2.67. The monoisotopic (exact) mass is 938 g/mol. The van der Waals surface area contributed by atoms with Crippen LogP contribution in [0.15, 0.2) is 0 Å². The minimum Gasteiger partial charge on any atom is -0.463 e. The largest absolute Gasteiger partial charge is 0.463 e. The van der Waals surface area contributed by atoms with E-state index in [0.717, 1.165) is 76.3 Å². The summed E-state index contributed by atoms with van der Waals surface area (Å²) in [6.07, 6.45) is -25.2. The Morgan fingerprint density at radius 1 is 0.323 bits per heavy atom. The van der Waals surface area contributed by atoms with Crippen LogP contribution in [-0.2, 0) is 124 Å². The first-order valence-corrected chi connectivity index (χ1v) is 19.8. The van der Waals surface area contributed by atoms with Gasteiger partial charge in [-0.25, -0.2) is 0 Å². The highest BCUT2D eigenvalue weighted by Crippen LogP contribution is 2.37. The van der Waals surface area contributed by atoms with Crippen molar-refractivity contribution in [3.05, 3.63) is 0 Å². The summed E-state index contributed by atoms with van der Waals surface area (Å²) in [5, 5.41) is 0. The standard InChI is InChI=1S/C39H54O26/c1-15(40)51-12-25-28(54-17(3)42)31(56-19(5)44)35(60-23(9)48)38(63-25)53-14-27-30(33(58-21(7)46)34(59-22(8)47)37(50-11)62-27)65-39-36(61-24(10)49)32(57-20(6)45)29(55-18(4)43)26(64-39)13-52-16(2)41/h25-39H,12-14H2,1-11H3/t25-,26-,27-,28-,29-,30-,31+,32+,33+,34-,35-,36-,37+,38-,39+/m1/s1. The van der Waals surface area contributed by atoms with Gasteiger partial charge >= 0.3 is 59.7 Å². The maximum atomic E-state index is 12.8. The Kier molecular flexibility index (Phi) is 20.4. The van der Waals surface area contributed by atoms with Gasteiger partial charge in [-0.05, 0) is 0 Å². The number of methoxy groups -OCH3 is 1. The van der Waals surface area contributed by atoms with Crippen LogP contribution in [0.5, 0.6) is 0 Å². The van der Waals surface area contributed by atoms with Gasteiger partial charge in [0.25, 0.3) is 0 Å². The molecule has 0 saturated carbocycles. The molecule has 3 rings (SSSR count). The van der Waals surface area contributed by atoms with E-state index < -0.39 is 172 Å². The molecule has 0 spiro atoms. The molecule has 3 aliphatic rings. The maximum absolute atomic E-state index is 12.8. The van der Waals surface area contributed by atoms with E-state index in [1.165, 1.54) is 0 Å². The number of carbonyl (C=O) groups is 10. The van der Waals surface area contributed by atoms with Crippen LogP contribution in [0, 0.1) is 0 Å². The van der Waals surface area contributed by atoms with E-state index in [-0.39, 0.29) is 0 Å². The van der Waals surface area contributed by atoms with Crippen molar-refractivity contribution in [1.29, 1.82) is 0 Å². The Morgan fingerprint density at radius 2 is 0.600 bits per heavy atom. The van der Waals surface area contributed by atoms with Crippen LogP contribution in [0.4, 0.5) is 0 Å². The highest BCUT2D eigenvalue weighted by molar-refractivity contribution is 5.70. The summed E-state index contributed by atoms with van der Waals surface area (Å²) in [5.41, 5.74) is 0. The van der Waals surface area contributed by atoms with Crippen molar-refractivity contribution < 1.29 is 124 Å². The van der Waals surface area contributed by atoms with Crippen molar-refractivity contribution in [1.82, 2.24) is 0 Å². The SMILES string of the molecule is CO[C@H]1O[C@H](CO[C@@H]2O[C@H](COC(C)=O)[C@@H](OC(C)=O)[C@H](OC(C)=O)[C@H]2OC(C)=O)[C@@H](O[C@@H]2O[C@H](COC(C)=O)[C@@H](OC(C)=O)[C@H](OC(C)=O)[C@H]2OC(C)=O)[C@H](OC(C)=O)[C@H]1OC(C)=O. The lowest BCUT2D eigenvalue weighted by Gasteiger charge is -2.49. The minimum absolute atomic E-state index is 0.614. The molecular formula is C39H54O26. The molecule has 26 heteroatoms. The highest BCUT2D eigenvalue weighted by atomic mass is 16.8. The number of rotatable bonds is 18. The average molecular weight is 939 g/mol. The van der Waals surface area contributed by atoms with Crippen molar-refractivity contribution in [3.63, 3.8) is 0 Å². The summed E-state index contributed by atoms with van der Waals surface area (Å²) in [7, 11) is 1.14. The van der Waals surface area contributed by atoms with Crippen LogP contribution in [-0.4, -0.2) is 179 Å². The van der Waals surface area contributed by atoms with Gasteiger partial charge in [-0.15, -0.1) is 0 Å². The van der Waals surface area contributed by atoms with Gasteiger partial charge in [0.15, 0.2) is 67.7 Å². The summed E-state index contributed by atoms with van der Waals surface area (Å²) in [4.78, 5) is 124. The summed E-state index contributed by atoms with van der Waals surface area (Å²) in [6.45, 7) is 8.09. The fraction of sp³-hybridized carbons (Fsp3) is 0.744. The van der Waals surface area contributed by atoms with Crippen LogP contribution in [0.1, 0.15) is 69.2 Å². The van der Waals surface area contributed by atoms with E-state index in [1.807, 2.05) is 0 Å². The van der Waals surface area contributed by atoms with Crippen molar-refractivity contribution in [2.24, 2.45) is 0 Å². The molecule has 26 nitrogen and oxygen atoms in total. The molecule has 3 aliphatic heterocycles. The van der Waals surface area contributed by atoms with E-state index >= 15 is 0 Å². The Hall–Kier alpha value is -5.54. The summed E-state index contributed by atoms with van der Waals surface area (Å²) >= 11 is 0. The third kappa shape index (κ3) is 16.1. The summed E-state index contributed by atoms with van der Waals surface area (Å²) in [6, 6.07) is 0. The van der Waals surface area contributed by atoms with Crippen molar-refractivity contribution in [2.75, 3.05) is 26.9 Å². The van der Waals surface area contributed by atoms with Crippen molar-refractivity contribution >= 4 is 59.7 Å². The predicted molar refractivity (Wildman–Crippen MR) is 202 cm³/mol. The molecule has 0 bridgehead atoms. The number of carbonyl (C=O) groups excluding carboxylic acids is 10. The van der Waals surface area contributed by atoms with Gasteiger partial charge in [0.1, 0.15) is 37.6 Å². The second kappa shape index (κ2) is 24.7. The Labute approximate surface area is 371 Å². The first-order valence-electron chi connectivity index (χ1n) is 19.8. The van der Waals surface area contributed by atoms with Gasteiger partial charge < -0.3 is 75.8 Å². The van der Waals surface area contributed by atoms with E-state index in [1.54, 1.807) is 0 Å². The molecule has 0 aliphatic carbocycles. The number of ether oxygens (including phenoxy) is 16. The van der Waals surface area contributed by atoms with E-state index in [4.69, 9.17) is 75.8 Å². The topological polar surface area (TPSA) is 318 Å². The first kappa shape index (κ1) is 53.8. The molecule has 0 aromatic heterocycles. The zero-order valence-electron chi connectivity index (χ0n) is 37.4. The van der Waals surface area contributed by atoms with Crippen LogP contribution >= 0.6 is 0 Å². The summed E-state index contributed by atoms with van der Waals surface area (Å²) in [5.74, 6) is -9.18. The van der Waals surface area contributed by atoms with E-state index in [9.17, 15) is 47.9 Å². The molecule has 3 fully saturated rings. The Morgan fingerprint density at radius 3 is 0.954 bits per heavy atom. The molecular weight excluding hydrogens is 884 g/mol. The molecule has 3 saturated heterocycles. The fourth-order valence-electron chi connectivity index (χ4n) is 6.98. The van der Waals surface area contributed by atoms with Crippen molar-refractivity contribution in [3.8, 4) is 0 Å². The second-order valence-corrected chi connectivity index (χ2v) is 14.5. The molecule has 0 unspecified atom stereocenters. The minimum atomic E-state index is -1.95. The van der Waals surface area contributed by atoms with Gasteiger partial charge in [0.2, 0.25) is 0 Å². The molecule has 0 amide bonds. The van der Waals surface area contributed by atoms with E-state index in [0.29, 0.717) is 0 Å². The maximum Gasteiger partial charge on any atom is 0.303 e. The smallest absolute Gasteiger partial charge is 0.303 e. The zero-order chi connectivity index (χ0) is 48.9. The van der Waals surface area contributed by atoms with Crippen LogP contribution in [0.25, 0.3) is 0 Å². The van der Waals surface area contributed by atoms with Gasteiger partial charge in [0.05, 0.1) is 6.61 Å². The molecule has 0 aromatic rings. The quantitative estimate of drug-likeness (QED) is 0.115. The fourth-order valence-corrected chi connectivity index (χ4v) is 6.98. The third-order valence-electron chi connectivity index (χ3n) is 9.04. The summed E-state index contributed by atoms with van der Waals surface area (Å²) < 4.78 is 90.6. The average Bonchev–Trinajstić information content (AvgIpc) is 3.16. The first-order chi connectivity index (χ1) is 30.4. The van der Waals surface area contributed by atoms with Crippen molar-refractivity contribution in [2.45, 2.75) is 161 Å². The molecule has 15 atom stereocenters. The lowest BCUT2D eigenvalue weighted by molar-refractivity contribution is -0.366. The third-order valence-corrected chi connectivity index (χ3v) is 9.04. The number of hydrogen-bond acceptors (Lipinski definition) is 26. The Balaban J connectivity index is 2.24. The van der Waals surface area contributed by atoms with Gasteiger partial charge in [-0.1, -0.05) is 0 Å². The Bertz CT molecular complexity index is 1750. The molecule has 0 N–H and O–H groups in total. The molecule has 0 radical (unpaired) electrons. The van der Waals surface area contributed by atoms with Crippen LogP contribution in [0.3, 0.4) is 0 Å². The molecule has 0 aromatic carbocycles. The van der Waals surface area contributed by atoms with Gasteiger partial charge in [-0.3, -0.25) is 47.9 Å².